The van der Waals surface area contributed by atoms with Gasteiger partial charge in [-0.05, 0) is 43.4 Å². The SMILES string of the molecule is NC(=O)CC[C@H](NC(=O)[C@H](CCCN=C(N)N)NC(=O)[C@@H](N)Cc1ccc(O)cc1)C(=O)O. The maximum atomic E-state index is 12.7. The molecule has 0 saturated carbocycles. The average molecular weight is 466 g/mol. The van der Waals surface area contributed by atoms with Crippen molar-refractivity contribution in [2.45, 2.75) is 50.2 Å². The van der Waals surface area contributed by atoms with Crippen molar-refractivity contribution in [1.29, 1.82) is 0 Å². The fraction of sp³-hybridized carbons (Fsp3) is 0.450. The lowest BCUT2D eigenvalue weighted by atomic mass is 10.0. The smallest absolute Gasteiger partial charge is 0.326 e. The minimum Gasteiger partial charge on any atom is -0.508 e. The van der Waals surface area contributed by atoms with Crippen LogP contribution in [0.1, 0.15) is 31.2 Å². The number of carbonyl (C=O) groups excluding carboxylic acids is 3. The Kier molecular flexibility index (Phi) is 11.1. The molecule has 33 heavy (non-hydrogen) atoms. The Bertz CT molecular complexity index is 855. The van der Waals surface area contributed by atoms with Crippen LogP contribution in [0.3, 0.4) is 0 Å². The zero-order chi connectivity index (χ0) is 25.0. The molecule has 0 unspecified atom stereocenters. The van der Waals surface area contributed by atoms with Gasteiger partial charge in [0, 0.05) is 13.0 Å². The molecule has 0 aromatic heterocycles. The van der Waals surface area contributed by atoms with Gasteiger partial charge in [-0.3, -0.25) is 19.4 Å². The minimum absolute atomic E-state index is 0.0682. The second-order valence-corrected chi connectivity index (χ2v) is 7.39. The lowest BCUT2D eigenvalue weighted by molar-refractivity contribution is -0.142. The number of hydrogen-bond donors (Lipinski definition) is 8. The van der Waals surface area contributed by atoms with Crippen molar-refractivity contribution in [3.05, 3.63) is 29.8 Å². The van der Waals surface area contributed by atoms with Crippen LogP contribution in [0.4, 0.5) is 0 Å². The highest BCUT2D eigenvalue weighted by Crippen LogP contribution is 2.11. The third-order valence-corrected chi connectivity index (χ3v) is 4.60. The summed E-state index contributed by atoms with van der Waals surface area (Å²) in [5.74, 6) is -3.51. The molecule has 0 aliphatic carbocycles. The van der Waals surface area contributed by atoms with E-state index in [1.54, 1.807) is 12.1 Å². The summed E-state index contributed by atoms with van der Waals surface area (Å²) in [7, 11) is 0. The average Bonchev–Trinajstić information content (AvgIpc) is 2.73. The van der Waals surface area contributed by atoms with Crippen LogP contribution >= 0.6 is 0 Å². The third-order valence-electron chi connectivity index (χ3n) is 4.60. The van der Waals surface area contributed by atoms with Crippen molar-refractivity contribution in [3.63, 3.8) is 0 Å². The van der Waals surface area contributed by atoms with Gasteiger partial charge in [-0.2, -0.15) is 0 Å². The number of rotatable bonds is 14. The zero-order valence-corrected chi connectivity index (χ0v) is 18.1. The molecule has 3 atom stereocenters. The third kappa shape index (κ3) is 10.8. The first kappa shape index (κ1) is 27.2. The summed E-state index contributed by atoms with van der Waals surface area (Å²) >= 11 is 0. The topological polar surface area (TPSA) is 249 Å². The molecule has 0 aliphatic rings. The lowest BCUT2D eigenvalue weighted by Crippen LogP contribution is -2.54. The van der Waals surface area contributed by atoms with E-state index in [4.69, 9.17) is 22.9 Å². The first-order valence-corrected chi connectivity index (χ1v) is 10.2. The van der Waals surface area contributed by atoms with Gasteiger partial charge in [0.2, 0.25) is 17.7 Å². The number of phenols is 1. The predicted octanol–water partition coefficient (Wildman–Crippen LogP) is -2.36. The highest BCUT2D eigenvalue weighted by Gasteiger charge is 2.28. The van der Waals surface area contributed by atoms with E-state index in [9.17, 15) is 29.4 Å². The first-order valence-electron chi connectivity index (χ1n) is 10.2. The second-order valence-electron chi connectivity index (χ2n) is 7.39. The van der Waals surface area contributed by atoms with Crippen LogP contribution in [0.5, 0.6) is 5.75 Å². The molecular weight excluding hydrogens is 434 g/mol. The van der Waals surface area contributed by atoms with E-state index in [1.165, 1.54) is 12.1 Å². The van der Waals surface area contributed by atoms with Crippen LogP contribution in [0.25, 0.3) is 0 Å². The Morgan fingerprint density at radius 3 is 2.09 bits per heavy atom. The molecular formula is C20H31N7O6. The van der Waals surface area contributed by atoms with Gasteiger partial charge < -0.3 is 43.8 Å². The van der Waals surface area contributed by atoms with Crippen LogP contribution in [0.15, 0.2) is 29.3 Å². The predicted molar refractivity (Wildman–Crippen MR) is 120 cm³/mol. The molecule has 0 radical (unpaired) electrons. The molecule has 1 aromatic rings. The van der Waals surface area contributed by atoms with Crippen LogP contribution < -0.4 is 33.6 Å². The molecule has 13 heteroatoms. The van der Waals surface area contributed by atoms with Gasteiger partial charge in [-0.1, -0.05) is 12.1 Å². The number of aliphatic carboxylic acids is 1. The number of aliphatic imine (C=N–C) groups is 1. The molecule has 0 aliphatic heterocycles. The number of guanidine groups is 1. The van der Waals surface area contributed by atoms with E-state index in [0.29, 0.717) is 12.0 Å². The molecule has 3 amide bonds. The van der Waals surface area contributed by atoms with Gasteiger partial charge in [0.15, 0.2) is 5.96 Å². The van der Waals surface area contributed by atoms with Gasteiger partial charge in [0.25, 0.3) is 0 Å². The van der Waals surface area contributed by atoms with E-state index in [2.05, 4.69) is 15.6 Å². The first-order chi connectivity index (χ1) is 15.5. The van der Waals surface area contributed by atoms with Crippen molar-refractivity contribution in [2.75, 3.05) is 6.54 Å². The number of carboxylic acids is 1. The monoisotopic (exact) mass is 465 g/mol. The molecule has 0 bridgehead atoms. The van der Waals surface area contributed by atoms with Gasteiger partial charge >= 0.3 is 5.97 Å². The van der Waals surface area contributed by atoms with Crippen LogP contribution in [-0.2, 0) is 25.6 Å². The van der Waals surface area contributed by atoms with Crippen LogP contribution in [-0.4, -0.2) is 64.5 Å². The summed E-state index contributed by atoms with van der Waals surface area (Å²) in [6, 6.07) is 2.64. The number of nitrogens with zero attached hydrogens (tertiary/aromatic N) is 1. The molecule has 12 N–H and O–H groups in total. The Morgan fingerprint density at radius 2 is 1.55 bits per heavy atom. The summed E-state index contributed by atoms with van der Waals surface area (Å²) in [5.41, 5.74) is 22.2. The number of carboxylic acid groups (broad SMARTS) is 1. The van der Waals surface area contributed by atoms with E-state index in [-0.39, 0.29) is 43.9 Å². The Balaban J connectivity index is 2.85. The largest absolute Gasteiger partial charge is 0.508 e. The minimum atomic E-state index is -1.37. The van der Waals surface area contributed by atoms with E-state index in [0.717, 1.165) is 0 Å². The zero-order valence-electron chi connectivity index (χ0n) is 18.1. The number of nitrogens with two attached hydrogens (primary N) is 4. The summed E-state index contributed by atoms with van der Waals surface area (Å²) < 4.78 is 0. The van der Waals surface area contributed by atoms with E-state index >= 15 is 0 Å². The fourth-order valence-corrected chi connectivity index (χ4v) is 2.85. The quantitative estimate of drug-likeness (QED) is 0.0829. The van der Waals surface area contributed by atoms with Crippen molar-refractivity contribution in [1.82, 2.24) is 10.6 Å². The molecule has 0 heterocycles. The number of amides is 3. The molecule has 0 saturated heterocycles. The lowest BCUT2D eigenvalue weighted by Gasteiger charge is -2.23. The summed E-state index contributed by atoms with van der Waals surface area (Å²) in [6.07, 6.45) is 0.109. The van der Waals surface area contributed by atoms with Gasteiger partial charge in [0.05, 0.1) is 6.04 Å². The highest BCUT2D eigenvalue weighted by molar-refractivity contribution is 5.92. The van der Waals surface area contributed by atoms with E-state index in [1.807, 2.05) is 0 Å². The summed E-state index contributed by atoms with van der Waals surface area (Å²) in [6.45, 7) is 0.186. The maximum Gasteiger partial charge on any atom is 0.326 e. The molecule has 182 valence electrons. The number of hydrogen-bond acceptors (Lipinski definition) is 7. The van der Waals surface area contributed by atoms with Gasteiger partial charge in [0.1, 0.15) is 17.8 Å². The number of benzene rings is 1. The number of primary amides is 1. The van der Waals surface area contributed by atoms with Gasteiger partial charge in [-0.15, -0.1) is 0 Å². The second kappa shape index (κ2) is 13.5. The Hall–Kier alpha value is -3.87. The number of phenolic OH excluding ortho intramolecular Hbond substituents is 1. The molecule has 0 spiro atoms. The highest BCUT2D eigenvalue weighted by atomic mass is 16.4. The van der Waals surface area contributed by atoms with Crippen molar-refractivity contribution in [2.24, 2.45) is 27.9 Å². The van der Waals surface area contributed by atoms with E-state index < -0.39 is 41.8 Å². The van der Waals surface area contributed by atoms with Crippen molar-refractivity contribution >= 4 is 29.7 Å². The number of aromatic hydroxyl groups is 1. The molecule has 13 nitrogen and oxygen atoms in total. The molecule has 1 aromatic carbocycles. The maximum absolute atomic E-state index is 12.7. The van der Waals surface area contributed by atoms with Gasteiger partial charge in [-0.25, -0.2) is 4.79 Å². The fourth-order valence-electron chi connectivity index (χ4n) is 2.85. The van der Waals surface area contributed by atoms with Crippen molar-refractivity contribution in [3.8, 4) is 5.75 Å². The van der Waals surface area contributed by atoms with Crippen molar-refractivity contribution < 1.29 is 29.4 Å². The number of nitrogens with one attached hydrogen (secondary N) is 2. The standard InChI is InChI=1S/C20H31N7O6/c21-13(10-11-3-5-12(28)6-4-11)17(30)26-14(2-1-9-25-20(23)24)18(31)27-15(19(32)33)7-8-16(22)29/h3-6,13-15,28H,1-2,7-10,21H2,(H2,22,29)(H,26,30)(H,27,31)(H,32,33)(H4,23,24,25)/t13-,14-,15-/m0/s1. The normalized spacial score (nSPS) is 13.2. The molecule has 1 rings (SSSR count). The Labute approximate surface area is 190 Å². The Morgan fingerprint density at radius 1 is 0.939 bits per heavy atom. The van der Waals surface area contributed by atoms with Crippen LogP contribution in [0, 0.1) is 0 Å². The number of carbonyl (C=O) groups is 4. The molecule has 0 fully saturated rings. The summed E-state index contributed by atoms with van der Waals surface area (Å²) in [4.78, 5) is 51.5. The summed E-state index contributed by atoms with van der Waals surface area (Å²) in [5, 5.41) is 23.5. The van der Waals surface area contributed by atoms with Crippen LogP contribution in [0.2, 0.25) is 0 Å².